The van der Waals surface area contributed by atoms with Crippen molar-refractivity contribution in [2.45, 2.75) is 6.92 Å². The van der Waals surface area contributed by atoms with Gasteiger partial charge in [-0.25, -0.2) is 4.79 Å². The van der Waals surface area contributed by atoms with Gasteiger partial charge in [0.25, 0.3) is 0 Å². The van der Waals surface area contributed by atoms with Gasteiger partial charge in [-0.05, 0) is 13.0 Å². The van der Waals surface area contributed by atoms with Gasteiger partial charge in [-0.1, -0.05) is 13.2 Å². The van der Waals surface area contributed by atoms with E-state index in [4.69, 9.17) is 15.3 Å². The summed E-state index contributed by atoms with van der Waals surface area (Å²) in [7, 11) is 0. The lowest BCUT2D eigenvalue weighted by Gasteiger charge is -1.70. The SMILES string of the molecule is C=CC(=O)O.C=CC(C)=O.OCCO. The molecule has 0 aromatic heterocycles. The molecule has 0 rings (SSSR count). The molecule has 14 heavy (non-hydrogen) atoms. The Hall–Kier alpha value is -1.46. The molecule has 0 bridgehead atoms. The van der Waals surface area contributed by atoms with E-state index >= 15 is 0 Å². The average Bonchev–Trinajstić information content (AvgIpc) is 2.19. The van der Waals surface area contributed by atoms with Crippen LogP contribution in [0.5, 0.6) is 0 Å². The third-order valence-electron chi connectivity index (χ3n) is 0.562. The average molecular weight is 204 g/mol. The van der Waals surface area contributed by atoms with E-state index in [0.29, 0.717) is 0 Å². The minimum Gasteiger partial charge on any atom is -0.478 e. The van der Waals surface area contributed by atoms with Gasteiger partial charge < -0.3 is 15.3 Å². The number of allylic oxidation sites excluding steroid dienone is 1. The normalized spacial score (nSPS) is 6.79. The lowest BCUT2D eigenvalue weighted by Crippen LogP contribution is -1.85. The Morgan fingerprint density at radius 1 is 1.14 bits per heavy atom. The maximum Gasteiger partial charge on any atom is 0.327 e. The first-order valence-corrected chi connectivity index (χ1v) is 3.66. The van der Waals surface area contributed by atoms with Crippen molar-refractivity contribution < 1.29 is 24.9 Å². The summed E-state index contributed by atoms with van der Waals surface area (Å²) in [4.78, 5) is 18.9. The standard InChI is InChI=1S/C4H6O.C3H4O2.C2H6O2/c1-3-4(2)5;1-2-3(4)5;3-1-2-4/h3H,1H2,2H3;2H,1H2,(H,4,5);3-4H,1-2H2. The molecule has 0 aliphatic heterocycles. The maximum absolute atomic E-state index is 9.69. The predicted octanol–water partition coefficient (Wildman–Crippen LogP) is -0.0106. The molecule has 82 valence electrons. The Balaban J connectivity index is -0.000000131. The molecule has 0 amide bonds. The summed E-state index contributed by atoms with van der Waals surface area (Å²) < 4.78 is 0. The van der Waals surface area contributed by atoms with Gasteiger partial charge in [0.05, 0.1) is 13.2 Å². The van der Waals surface area contributed by atoms with Crippen LogP contribution in [0.3, 0.4) is 0 Å². The maximum atomic E-state index is 9.69. The van der Waals surface area contributed by atoms with Crippen LogP contribution in [0.25, 0.3) is 0 Å². The fraction of sp³-hybridized carbons (Fsp3) is 0.333. The number of hydrogen-bond donors (Lipinski definition) is 3. The Labute approximate surface area is 83.0 Å². The van der Waals surface area contributed by atoms with E-state index in [1.165, 1.54) is 13.0 Å². The molecule has 0 aromatic carbocycles. The number of carbonyl (C=O) groups excluding carboxylic acids is 1. The monoisotopic (exact) mass is 204 g/mol. The third kappa shape index (κ3) is 76.5. The number of carboxylic acid groups (broad SMARTS) is 1. The molecule has 0 saturated heterocycles. The van der Waals surface area contributed by atoms with Crippen LogP contribution < -0.4 is 0 Å². The summed E-state index contributed by atoms with van der Waals surface area (Å²) >= 11 is 0. The molecule has 5 heteroatoms. The number of aliphatic hydroxyl groups is 2. The molecule has 0 atom stereocenters. The van der Waals surface area contributed by atoms with E-state index in [0.717, 1.165) is 6.08 Å². The zero-order valence-electron chi connectivity index (χ0n) is 8.14. The summed E-state index contributed by atoms with van der Waals surface area (Å²) in [6, 6.07) is 0. The van der Waals surface area contributed by atoms with Crippen LogP contribution >= 0.6 is 0 Å². The number of rotatable bonds is 3. The van der Waals surface area contributed by atoms with Gasteiger partial charge in [0.1, 0.15) is 0 Å². The molecule has 0 aromatic rings. The molecule has 0 spiro atoms. The van der Waals surface area contributed by atoms with E-state index in [1.54, 1.807) is 0 Å². The Morgan fingerprint density at radius 3 is 1.36 bits per heavy atom. The van der Waals surface area contributed by atoms with Crippen molar-refractivity contribution in [3.05, 3.63) is 25.3 Å². The van der Waals surface area contributed by atoms with Crippen molar-refractivity contribution in [2.24, 2.45) is 0 Å². The predicted molar refractivity (Wildman–Crippen MR) is 52.9 cm³/mol. The number of aliphatic carboxylic acids is 1. The second kappa shape index (κ2) is 17.6. The van der Waals surface area contributed by atoms with Crippen LogP contribution in [0.1, 0.15) is 6.92 Å². The molecule has 5 nitrogen and oxygen atoms in total. The number of carbonyl (C=O) groups is 2. The highest BCUT2D eigenvalue weighted by Crippen LogP contribution is 1.60. The molecular formula is C9H16O5. The summed E-state index contributed by atoms with van der Waals surface area (Å²) in [5.41, 5.74) is 0. The summed E-state index contributed by atoms with van der Waals surface area (Å²) in [5, 5.41) is 22.9. The first-order chi connectivity index (χ1) is 6.45. The quantitative estimate of drug-likeness (QED) is 0.562. The van der Waals surface area contributed by atoms with Crippen molar-refractivity contribution in [2.75, 3.05) is 13.2 Å². The molecule has 0 aliphatic carbocycles. The van der Waals surface area contributed by atoms with Crippen molar-refractivity contribution in [1.82, 2.24) is 0 Å². The van der Waals surface area contributed by atoms with Crippen molar-refractivity contribution >= 4 is 11.8 Å². The van der Waals surface area contributed by atoms with E-state index in [2.05, 4.69) is 13.2 Å². The van der Waals surface area contributed by atoms with Crippen molar-refractivity contribution in [3.63, 3.8) is 0 Å². The fourth-order valence-corrected chi connectivity index (χ4v) is 0. The van der Waals surface area contributed by atoms with Crippen molar-refractivity contribution in [3.8, 4) is 0 Å². The topological polar surface area (TPSA) is 94.8 Å². The second-order valence-corrected chi connectivity index (χ2v) is 1.80. The molecule has 0 fully saturated rings. The summed E-state index contributed by atoms with van der Waals surface area (Å²) in [6.07, 6.45) is 2.11. The first-order valence-electron chi connectivity index (χ1n) is 3.66. The molecule has 0 aliphatic rings. The molecule has 0 saturated carbocycles. The molecule has 0 radical (unpaired) electrons. The highest BCUT2D eigenvalue weighted by atomic mass is 16.4. The van der Waals surface area contributed by atoms with Crippen LogP contribution in [0.15, 0.2) is 25.3 Å². The summed E-state index contributed by atoms with van der Waals surface area (Å²) in [5.74, 6) is -0.963. The number of ketones is 1. The lowest BCUT2D eigenvalue weighted by molar-refractivity contribution is -0.131. The van der Waals surface area contributed by atoms with Gasteiger partial charge in [0, 0.05) is 6.08 Å². The van der Waals surface area contributed by atoms with Gasteiger partial charge in [-0.2, -0.15) is 0 Å². The highest BCUT2D eigenvalue weighted by molar-refractivity contribution is 5.86. The van der Waals surface area contributed by atoms with Gasteiger partial charge in [-0.15, -0.1) is 0 Å². The first kappa shape index (κ1) is 18.3. The minimum absolute atomic E-state index is 0.0185. The smallest absolute Gasteiger partial charge is 0.327 e. The Kier molecular flexibility index (Phi) is 23.0. The fourth-order valence-electron chi connectivity index (χ4n) is 0. The minimum atomic E-state index is -0.981. The van der Waals surface area contributed by atoms with Crippen LogP contribution in [-0.4, -0.2) is 40.3 Å². The Morgan fingerprint density at radius 2 is 1.36 bits per heavy atom. The van der Waals surface area contributed by atoms with Crippen LogP contribution in [0.4, 0.5) is 0 Å². The number of carboxylic acids is 1. The molecule has 0 unspecified atom stereocenters. The third-order valence-corrected chi connectivity index (χ3v) is 0.562. The zero-order valence-corrected chi connectivity index (χ0v) is 8.14. The Bertz CT molecular complexity index is 154. The van der Waals surface area contributed by atoms with E-state index in [-0.39, 0.29) is 19.0 Å². The van der Waals surface area contributed by atoms with Crippen LogP contribution in [0, 0.1) is 0 Å². The van der Waals surface area contributed by atoms with Gasteiger partial charge >= 0.3 is 5.97 Å². The van der Waals surface area contributed by atoms with Crippen LogP contribution in [0.2, 0.25) is 0 Å². The number of aliphatic hydroxyl groups excluding tert-OH is 2. The van der Waals surface area contributed by atoms with Gasteiger partial charge in [0.2, 0.25) is 0 Å². The highest BCUT2D eigenvalue weighted by Gasteiger charge is 1.73. The van der Waals surface area contributed by atoms with Gasteiger partial charge in [-0.3, -0.25) is 4.79 Å². The zero-order chi connectivity index (χ0) is 12.0. The van der Waals surface area contributed by atoms with E-state index < -0.39 is 5.97 Å². The second-order valence-electron chi connectivity index (χ2n) is 1.80. The van der Waals surface area contributed by atoms with Crippen LogP contribution in [-0.2, 0) is 9.59 Å². The van der Waals surface area contributed by atoms with Gasteiger partial charge in [0.15, 0.2) is 5.78 Å². The lowest BCUT2D eigenvalue weighted by atomic mass is 10.5. The van der Waals surface area contributed by atoms with E-state index in [1.807, 2.05) is 0 Å². The molecular weight excluding hydrogens is 188 g/mol. The largest absolute Gasteiger partial charge is 0.478 e. The molecule has 0 heterocycles. The summed E-state index contributed by atoms with van der Waals surface area (Å²) in [6.45, 7) is 7.39. The molecule has 3 N–H and O–H groups in total. The van der Waals surface area contributed by atoms with Crippen molar-refractivity contribution in [1.29, 1.82) is 0 Å². The van der Waals surface area contributed by atoms with E-state index in [9.17, 15) is 9.59 Å². The number of hydrogen-bond acceptors (Lipinski definition) is 4.